The highest BCUT2D eigenvalue weighted by Crippen LogP contribution is 2.55. The molecule has 338 valence electrons. The number of piperidine rings is 1. The molecule has 0 aromatic carbocycles. The molecule has 4 aliphatic carbocycles. The van der Waals surface area contributed by atoms with E-state index in [1.54, 1.807) is 0 Å². The van der Waals surface area contributed by atoms with Gasteiger partial charge in [-0.3, -0.25) is 9.59 Å². The molecule has 58 heavy (non-hydrogen) atoms. The number of unbranched alkanes of at least 4 members (excludes halogenated alkanes) is 22. The highest BCUT2D eigenvalue weighted by atomic mass is 16.2. The summed E-state index contributed by atoms with van der Waals surface area (Å²) < 4.78 is 0. The highest BCUT2D eigenvalue weighted by molar-refractivity contribution is 5.88. The van der Waals surface area contributed by atoms with Gasteiger partial charge in [0.15, 0.2) is 0 Å². The molecule has 0 spiro atoms. The van der Waals surface area contributed by atoms with Crippen molar-refractivity contribution < 1.29 is 9.59 Å². The van der Waals surface area contributed by atoms with Crippen molar-refractivity contribution >= 4 is 11.8 Å². The van der Waals surface area contributed by atoms with Gasteiger partial charge in [-0.05, 0) is 120 Å². The van der Waals surface area contributed by atoms with Crippen molar-refractivity contribution in [2.45, 2.75) is 270 Å². The predicted octanol–water partition coefficient (Wildman–Crippen LogP) is 14.6. The van der Waals surface area contributed by atoms with Crippen LogP contribution in [0.5, 0.6) is 0 Å². The molecule has 2 atom stereocenters. The summed E-state index contributed by atoms with van der Waals surface area (Å²) in [4.78, 5) is 34.9. The molecule has 2 amide bonds. The van der Waals surface area contributed by atoms with Gasteiger partial charge in [-0.2, -0.15) is 0 Å². The lowest BCUT2D eigenvalue weighted by atomic mass is 9.53. The first kappa shape index (κ1) is 49.6. The Morgan fingerprint density at radius 3 is 1.38 bits per heavy atom. The summed E-state index contributed by atoms with van der Waals surface area (Å²) in [6, 6.07) is -0.308. The second-order valence-electron chi connectivity index (χ2n) is 20.9. The fraction of sp³-hybridized carbons (Fsp3) is 0.962. The quantitative estimate of drug-likeness (QED) is 0.0649. The van der Waals surface area contributed by atoms with Crippen molar-refractivity contribution in [1.82, 2.24) is 15.1 Å². The zero-order valence-corrected chi connectivity index (χ0v) is 39.5. The van der Waals surface area contributed by atoms with E-state index in [0.29, 0.717) is 18.2 Å². The van der Waals surface area contributed by atoms with E-state index in [2.05, 4.69) is 42.8 Å². The van der Waals surface area contributed by atoms with Crippen LogP contribution in [0, 0.1) is 29.6 Å². The summed E-state index contributed by atoms with van der Waals surface area (Å²) in [7, 11) is 0. The molecule has 0 aromatic rings. The average Bonchev–Trinajstić information content (AvgIpc) is 3.21. The third-order valence-electron chi connectivity index (χ3n) is 15.8. The first-order chi connectivity index (χ1) is 28.4. The Labute approximate surface area is 361 Å². The molecule has 5 nitrogen and oxygen atoms in total. The van der Waals surface area contributed by atoms with Crippen LogP contribution >= 0.6 is 0 Å². The monoisotopic (exact) mass is 810 g/mol. The zero-order valence-electron chi connectivity index (χ0n) is 39.5. The number of likely N-dealkylation sites (tertiary alicyclic amines) is 1. The van der Waals surface area contributed by atoms with Crippen LogP contribution in [0.3, 0.4) is 0 Å². The molecule has 0 aromatic heterocycles. The van der Waals surface area contributed by atoms with Crippen molar-refractivity contribution in [1.29, 1.82) is 0 Å². The molecule has 1 N–H and O–H groups in total. The number of hydrogen-bond donors (Lipinski definition) is 1. The molecule has 1 saturated heterocycles. The number of rotatable bonds is 35. The van der Waals surface area contributed by atoms with Crippen LogP contribution in [-0.4, -0.2) is 59.4 Å². The normalized spacial score (nSPS) is 24.3. The third-order valence-corrected chi connectivity index (χ3v) is 15.8. The second kappa shape index (κ2) is 29.2. The second-order valence-corrected chi connectivity index (χ2v) is 20.9. The lowest BCUT2D eigenvalue weighted by Crippen LogP contribution is -2.64. The van der Waals surface area contributed by atoms with Crippen molar-refractivity contribution in [2.24, 2.45) is 29.6 Å². The van der Waals surface area contributed by atoms with Crippen LogP contribution in [-0.2, 0) is 9.59 Å². The largest absolute Gasteiger partial charge is 0.349 e. The SMILES string of the molecule is CCCCCCCCCCCCC(CCCCCCCCCC)CN(C(=O)CCCCCCCCC)C(C(=O)NC12CC3CC(CC(C3)C1)C2)C1CCN(CC)CC1. The summed E-state index contributed by atoms with van der Waals surface area (Å²) >= 11 is 0. The molecule has 2 unspecified atom stereocenters. The molecule has 5 heteroatoms. The zero-order chi connectivity index (χ0) is 41.3. The van der Waals surface area contributed by atoms with E-state index in [4.69, 9.17) is 0 Å². The Hall–Kier alpha value is -1.10. The van der Waals surface area contributed by atoms with E-state index >= 15 is 4.79 Å². The molecule has 1 heterocycles. The average molecular weight is 810 g/mol. The van der Waals surface area contributed by atoms with Gasteiger partial charge in [0.2, 0.25) is 11.8 Å². The van der Waals surface area contributed by atoms with Gasteiger partial charge in [-0.15, -0.1) is 0 Å². The molecule has 5 aliphatic rings. The standard InChI is InChI=1S/C53H99N3O2/c1-5-9-12-15-18-20-21-24-26-29-32-45(31-28-25-23-19-16-13-10-6-2)44-56(50(57)33-30-27-22-17-14-11-7-3)51(49-34-36-55(8-4)37-35-49)52(58)54-53-41-46-38-47(42-53)40-48(39-46)43-53/h45-49,51H,5-44H2,1-4H3,(H,54,58). The number of carbonyl (C=O) groups excluding carboxylic acids is 2. The number of amides is 2. The lowest BCUT2D eigenvalue weighted by Gasteiger charge is -2.57. The summed E-state index contributed by atoms with van der Waals surface area (Å²) in [5, 5.41) is 3.87. The number of hydrogen-bond acceptors (Lipinski definition) is 3. The fourth-order valence-electron chi connectivity index (χ4n) is 12.6. The maximum absolute atomic E-state index is 15.2. The van der Waals surface area contributed by atoms with Crippen LogP contribution < -0.4 is 5.32 Å². The Morgan fingerprint density at radius 1 is 0.569 bits per heavy atom. The molecule has 5 rings (SSSR count). The van der Waals surface area contributed by atoms with Gasteiger partial charge < -0.3 is 15.1 Å². The maximum Gasteiger partial charge on any atom is 0.243 e. The molecule has 4 bridgehead atoms. The van der Waals surface area contributed by atoms with Gasteiger partial charge in [0.05, 0.1) is 0 Å². The summed E-state index contributed by atoms with van der Waals surface area (Å²) in [5.74, 6) is 3.67. The molecule has 4 saturated carbocycles. The number of carbonyl (C=O) groups is 2. The van der Waals surface area contributed by atoms with Crippen molar-refractivity contribution in [2.75, 3.05) is 26.2 Å². The molecule has 1 aliphatic heterocycles. The van der Waals surface area contributed by atoms with Crippen LogP contribution in [0.15, 0.2) is 0 Å². The summed E-state index contributed by atoms with van der Waals surface area (Å²) in [5.41, 5.74) is -0.0199. The third kappa shape index (κ3) is 18.1. The minimum atomic E-state index is -0.308. The van der Waals surface area contributed by atoms with Crippen molar-refractivity contribution in [3.05, 3.63) is 0 Å². The molecular formula is C53H99N3O2. The summed E-state index contributed by atoms with van der Waals surface area (Å²) in [6.45, 7) is 13.2. The van der Waals surface area contributed by atoms with E-state index < -0.39 is 0 Å². The van der Waals surface area contributed by atoms with Gasteiger partial charge in [0.25, 0.3) is 0 Å². The van der Waals surface area contributed by atoms with E-state index in [0.717, 1.165) is 69.6 Å². The first-order valence-electron chi connectivity index (χ1n) is 26.7. The summed E-state index contributed by atoms with van der Waals surface area (Å²) in [6.07, 6.45) is 45.8. The molecule has 0 radical (unpaired) electrons. The Bertz CT molecular complexity index is 1030. The lowest BCUT2D eigenvalue weighted by molar-refractivity contribution is -0.147. The smallest absolute Gasteiger partial charge is 0.243 e. The van der Waals surface area contributed by atoms with E-state index in [9.17, 15) is 4.79 Å². The Kier molecular flexibility index (Phi) is 25.0. The topological polar surface area (TPSA) is 52.7 Å². The van der Waals surface area contributed by atoms with E-state index in [1.165, 1.54) is 199 Å². The Balaban J connectivity index is 1.48. The van der Waals surface area contributed by atoms with Gasteiger partial charge >= 0.3 is 0 Å². The van der Waals surface area contributed by atoms with Gasteiger partial charge in [0.1, 0.15) is 6.04 Å². The maximum atomic E-state index is 15.2. The highest BCUT2D eigenvalue weighted by Gasteiger charge is 2.52. The van der Waals surface area contributed by atoms with Crippen LogP contribution in [0.2, 0.25) is 0 Å². The van der Waals surface area contributed by atoms with Gasteiger partial charge in [-0.25, -0.2) is 0 Å². The van der Waals surface area contributed by atoms with Crippen LogP contribution in [0.4, 0.5) is 0 Å². The van der Waals surface area contributed by atoms with Crippen molar-refractivity contribution in [3.8, 4) is 0 Å². The number of nitrogens with one attached hydrogen (secondary N) is 1. The van der Waals surface area contributed by atoms with Crippen molar-refractivity contribution in [3.63, 3.8) is 0 Å². The van der Waals surface area contributed by atoms with E-state index in [-0.39, 0.29) is 23.4 Å². The first-order valence-corrected chi connectivity index (χ1v) is 26.7. The minimum Gasteiger partial charge on any atom is -0.349 e. The fourth-order valence-corrected chi connectivity index (χ4v) is 12.6. The number of nitrogens with zero attached hydrogens (tertiary/aromatic N) is 2. The predicted molar refractivity (Wildman–Crippen MR) is 249 cm³/mol. The molecule has 5 fully saturated rings. The molecular weight excluding hydrogens is 711 g/mol. The van der Waals surface area contributed by atoms with Gasteiger partial charge in [-0.1, -0.05) is 182 Å². The van der Waals surface area contributed by atoms with Crippen LogP contribution in [0.1, 0.15) is 259 Å². The van der Waals surface area contributed by atoms with E-state index in [1.807, 2.05) is 0 Å². The van der Waals surface area contributed by atoms with Crippen LogP contribution in [0.25, 0.3) is 0 Å². The Morgan fingerprint density at radius 2 is 0.966 bits per heavy atom. The minimum absolute atomic E-state index is 0.0199. The van der Waals surface area contributed by atoms with Gasteiger partial charge in [0, 0.05) is 18.5 Å².